The molecule has 1 aromatic rings. The Hall–Kier alpha value is -1.55. The number of carbonyl (C=O) groups excluding carboxylic acids is 2. The number of hydrogen-bond acceptors (Lipinski definition) is 4. The summed E-state index contributed by atoms with van der Waals surface area (Å²) in [5, 5.41) is 0.606. The average Bonchev–Trinajstić information content (AvgIpc) is 2.47. The zero-order valence-corrected chi connectivity index (χ0v) is 14.7. The van der Waals surface area contributed by atoms with E-state index in [4.69, 9.17) is 21.1 Å². The predicted molar refractivity (Wildman–Crippen MR) is 89.1 cm³/mol. The molecule has 1 aromatic carbocycles. The third-order valence-electron chi connectivity index (χ3n) is 4.42. The van der Waals surface area contributed by atoms with Crippen molar-refractivity contribution in [2.24, 2.45) is 0 Å². The van der Waals surface area contributed by atoms with Crippen LogP contribution < -0.4 is 4.74 Å². The van der Waals surface area contributed by atoms with Crippen LogP contribution in [0.25, 0.3) is 0 Å². The number of benzene rings is 1. The first-order valence-electron chi connectivity index (χ1n) is 7.96. The van der Waals surface area contributed by atoms with Crippen LogP contribution in [0, 0.1) is 6.92 Å². The summed E-state index contributed by atoms with van der Waals surface area (Å²) in [7, 11) is 0. The van der Waals surface area contributed by atoms with E-state index in [0.29, 0.717) is 37.3 Å². The Morgan fingerprint density at radius 2 is 1.96 bits per heavy atom. The van der Waals surface area contributed by atoms with Crippen molar-refractivity contribution in [3.05, 3.63) is 28.3 Å². The zero-order chi connectivity index (χ0) is 17.0. The van der Waals surface area contributed by atoms with Gasteiger partial charge in [-0.1, -0.05) is 11.6 Å². The van der Waals surface area contributed by atoms with Gasteiger partial charge in [0.05, 0.1) is 6.61 Å². The number of ketones is 1. The summed E-state index contributed by atoms with van der Waals surface area (Å²) in [6.45, 7) is 6.13. The lowest BCUT2D eigenvalue weighted by atomic mass is 9.68. The first kappa shape index (κ1) is 17.8. The van der Waals surface area contributed by atoms with Crippen LogP contribution in [0.1, 0.15) is 50.7 Å². The lowest BCUT2D eigenvalue weighted by Gasteiger charge is -2.38. The highest BCUT2D eigenvalue weighted by atomic mass is 35.5. The van der Waals surface area contributed by atoms with Crippen molar-refractivity contribution in [2.75, 3.05) is 13.2 Å². The maximum atomic E-state index is 11.7. The number of rotatable bonds is 5. The third-order valence-corrected chi connectivity index (χ3v) is 4.72. The number of hydrogen-bond donors (Lipinski definition) is 0. The number of carbonyl (C=O) groups is 2. The van der Waals surface area contributed by atoms with E-state index in [0.717, 1.165) is 16.9 Å². The molecule has 0 amide bonds. The summed E-state index contributed by atoms with van der Waals surface area (Å²) in [6.07, 6.45) is 2.27. The Labute approximate surface area is 142 Å². The molecular weight excluding hydrogens is 316 g/mol. The van der Waals surface area contributed by atoms with E-state index in [-0.39, 0.29) is 18.4 Å². The lowest BCUT2D eigenvalue weighted by Crippen LogP contribution is -2.38. The second kappa shape index (κ2) is 7.35. The quantitative estimate of drug-likeness (QED) is 0.762. The summed E-state index contributed by atoms with van der Waals surface area (Å²) in [5.41, 5.74) is 1.57. The topological polar surface area (TPSA) is 52.6 Å². The molecule has 23 heavy (non-hydrogen) atoms. The second-order valence-electron chi connectivity index (χ2n) is 6.13. The van der Waals surface area contributed by atoms with Crippen molar-refractivity contribution in [1.82, 2.24) is 0 Å². The van der Waals surface area contributed by atoms with E-state index in [9.17, 15) is 9.59 Å². The van der Waals surface area contributed by atoms with Crippen molar-refractivity contribution < 1.29 is 19.1 Å². The highest BCUT2D eigenvalue weighted by Gasteiger charge is 2.40. The first-order chi connectivity index (χ1) is 10.9. The highest BCUT2D eigenvalue weighted by Crippen LogP contribution is 2.44. The Kier molecular flexibility index (Phi) is 5.69. The Bertz CT molecular complexity index is 576. The van der Waals surface area contributed by atoms with Gasteiger partial charge in [0.2, 0.25) is 0 Å². The summed E-state index contributed by atoms with van der Waals surface area (Å²) in [4.78, 5) is 23.0. The molecule has 4 nitrogen and oxygen atoms in total. The maximum Gasteiger partial charge on any atom is 0.302 e. The van der Waals surface area contributed by atoms with E-state index in [1.54, 1.807) is 6.07 Å². The Morgan fingerprint density at radius 3 is 2.48 bits per heavy atom. The molecule has 0 aliphatic heterocycles. The molecule has 1 aliphatic carbocycles. The minimum absolute atomic E-state index is 0.253. The number of aryl methyl sites for hydroxylation is 1. The first-order valence-corrected chi connectivity index (χ1v) is 8.34. The molecule has 0 saturated heterocycles. The molecule has 0 radical (unpaired) electrons. The minimum atomic E-state index is -0.397. The minimum Gasteiger partial charge on any atom is -0.494 e. The van der Waals surface area contributed by atoms with Crippen LogP contribution >= 0.6 is 11.6 Å². The number of ether oxygens (including phenoxy) is 2. The lowest BCUT2D eigenvalue weighted by molar-refractivity contribution is -0.143. The molecule has 5 heteroatoms. The van der Waals surface area contributed by atoms with E-state index >= 15 is 0 Å². The van der Waals surface area contributed by atoms with Gasteiger partial charge in [-0.3, -0.25) is 9.59 Å². The van der Waals surface area contributed by atoms with Gasteiger partial charge in [0.1, 0.15) is 18.1 Å². The molecule has 2 rings (SSSR count). The molecule has 1 fully saturated rings. The molecule has 1 saturated carbocycles. The van der Waals surface area contributed by atoms with Crippen LogP contribution in [-0.4, -0.2) is 25.0 Å². The SMILES string of the molecule is CCOc1cc(C)c(C2(COC(C)=O)CCC(=O)CC2)c(Cl)c1. The standard InChI is InChI=1S/C18H23ClO4/c1-4-22-15-9-12(2)17(16(19)10-15)18(11-23-13(3)20)7-5-14(21)6-8-18/h9-10H,4-8,11H2,1-3H3. The summed E-state index contributed by atoms with van der Waals surface area (Å²) >= 11 is 6.54. The van der Waals surface area contributed by atoms with Crippen LogP contribution in [0.3, 0.4) is 0 Å². The van der Waals surface area contributed by atoms with Gasteiger partial charge in [0, 0.05) is 30.2 Å². The van der Waals surface area contributed by atoms with Crippen molar-refractivity contribution in [2.45, 2.75) is 51.9 Å². The normalized spacial score (nSPS) is 17.0. The van der Waals surface area contributed by atoms with E-state index in [1.165, 1.54) is 6.92 Å². The monoisotopic (exact) mass is 338 g/mol. The number of Topliss-reactive ketones (excluding diaryl/α,β-unsaturated/α-hetero) is 1. The molecule has 0 atom stereocenters. The van der Waals surface area contributed by atoms with Crippen LogP contribution in [0.4, 0.5) is 0 Å². The summed E-state index contributed by atoms with van der Waals surface area (Å²) in [6, 6.07) is 3.76. The largest absolute Gasteiger partial charge is 0.494 e. The van der Waals surface area contributed by atoms with Gasteiger partial charge in [-0.25, -0.2) is 0 Å². The van der Waals surface area contributed by atoms with Gasteiger partial charge in [-0.2, -0.15) is 0 Å². The van der Waals surface area contributed by atoms with Crippen LogP contribution in [0.15, 0.2) is 12.1 Å². The molecular formula is C18H23ClO4. The molecule has 126 valence electrons. The van der Waals surface area contributed by atoms with Gasteiger partial charge in [0.15, 0.2) is 0 Å². The fraction of sp³-hybridized carbons (Fsp3) is 0.556. The van der Waals surface area contributed by atoms with E-state index < -0.39 is 5.41 Å². The Morgan fingerprint density at radius 1 is 1.30 bits per heavy atom. The van der Waals surface area contributed by atoms with Gasteiger partial charge in [0.25, 0.3) is 0 Å². The van der Waals surface area contributed by atoms with Gasteiger partial charge >= 0.3 is 5.97 Å². The molecule has 0 N–H and O–H groups in total. The van der Waals surface area contributed by atoms with Crippen molar-refractivity contribution in [3.63, 3.8) is 0 Å². The molecule has 0 unspecified atom stereocenters. The summed E-state index contributed by atoms with van der Waals surface area (Å²) < 4.78 is 10.9. The molecule has 0 heterocycles. The van der Waals surface area contributed by atoms with Crippen LogP contribution in [0.2, 0.25) is 5.02 Å². The Balaban J connectivity index is 2.42. The van der Waals surface area contributed by atoms with Crippen molar-refractivity contribution >= 4 is 23.4 Å². The fourth-order valence-electron chi connectivity index (χ4n) is 3.35. The highest BCUT2D eigenvalue weighted by molar-refractivity contribution is 6.31. The van der Waals surface area contributed by atoms with Gasteiger partial charge in [-0.05, 0) is 49.9 Å². The number of halogens is 1. The predicted octanol–water partition coefficient (Wildman–Crippen LogP) is 3.99. The van der Waals surface area contributed by atoms with Gasteiger partial charge < -0.3 is 9.47 Å². The van der Waals surface area contributed by atoms with E-state index in [2.05, 4.69) is 0 Å². The number of esters is 1. The molecule has 1 aliphatic rings. The molecule has 0 spiro atoms. The average molecular weight is 339 g/mol. The van der Waals surface area contributed by atoms with Crippen molar-refractivity contribution in [3.8, 4) is 5.75 Å². The van der Waals surface area contributed by atoms with Crippen LogP contribution in [0.5, 0.6) is 5.75 Å². The second-order valence-corrected chi connectivity index (χ2v) is 6.54. The smallest absolute Gasteiger partial charge is 0.302 e. The zero-order valence-electron chi connectivity index (χ0n) is 13.9. The van der Waals surface area contributed by atoms with E-state index in [1.807, 2.05) is 19.9 Å². The van der Waals surface area contributed by atoms with Crippen LogP contribution in [-0.2, 0) is 19.7 Å². The molecule has 0 aromatic heterocycles. The third kappa shape index (κ3) is 4.05. The molecule has 0 bridgehead atoms. The summed E-state index contributed by atoms with van der Waals surface area (Å²) in [5.74, 6) is 0.664. The fourth-order valence-corrected chi connectivity index (χ4v) is 3.80. The van der Waals surface area contributed by atoms with Crippen molar-refractivity contribution in [1.29, 1.82) is 0 Å². The maximum absolute atomic E-state index is 11.7. The van der Waals surface area contributed by atoms with Gasteiger partial charge in [-0.15, -0.1) is 0 Å².